The molecule has 0 saturated heterocycles. The van der Waals surface area contributed by atoms with Gasteiger partial charge in [-0.25, -0.2) is 4.98 Å². The van der Waals surface area contributed by atoms with E-state index in [1.165, 1.54) is 10.8 Å². The van der Waals surface area contributed by atoms with Gasteiger partial charge in [0, 0.05) is 5.69 Å². The first-order chi connectivity index (χ1) is 9.42. The van der Waals surface area contributed by atoms with Crippen molar-refractivity contribution < 1.29 is 0 Å². The van der Waals surface area contributed by atoms with Gasteiger partial charge in [0.05, 0.1) is 11.0 Å². The lowest BCUT2D eigenvalue weighted by Crippen LogP contribution is -1.91. The molecule has 0 aliphatic rings. The van der Waals surface area contributed by atoms with Crippen LogP contribution in [0.5, 0.6) is 0 Å². The number of fused-ring (bicyclic) bond motifs is 2. The number of rotatable bonds is 1. The Balaban J connectivity index is 1.99. The monoisotopic (exact) mass is 244 g/mol. The van der Waals surface area contributed by atoms with Crippen molar-refractivity contribution in [1.82, 2.24) is 9.55 Å². The topological polar surface area (TPSA) is 17.8 Å². The second-order valence-corrected chi connectivity index (χ2v) is 4.63. The van der Waals surface area contributed by atoms with Gasteiger partial charge in [-0.2, -0.15) is 0 Å². The first-order valence-corrected chi connectivity index (χ1v) is 6.33. The third-order valence-corrected chi connectivity index (χ3v) is 3.46. The standard InChI is InChI=1S/C17H12N2/c1-2-6-14-11-15(10-9-13(14)5-1)19-12-18-16-7-3-4-8-17(16)19/h1-12H. The molecule has 0 N–H and O–H groups in total. The first-order valence-electron chi connectivity index (χ1n) is 6.33. The van der Waals surface area contributed by atoms with Gasteiger partial charge in [0.1, 0.15) is 6.33 Å². The molecule has 0 bridgehead atoms. The van der Waals surface area contributed by atoms with E-state index in [0.29, 0.717) is 0 Å². The maximum absolute atomic E-state index is 4.44. The number of nitrogens with zero attached hydrogens (tertiary/aromatic N) is 2. The molecule has 0 radical (unpaired) electrons. The van der Waals surface area contributed by atoms with Crippen LogP contribution in [-0.4, -0.2) is 9.55 Å². The quantitative estimate of drug-likeness (QED) is 0.491. The zero-order valence-electron chi connectivity index (χ0n) is 10.3. The Bertz CT molecular complexity index is 874. The van der Waals surface area contributed by atoms with Crippen molar-refractivity contribution in [3.8, 4) is 5.69 Å². The SMILES string of the molecule is c1ccc2cc(-n3cnc4ccccc43)ccc2c1. The summed E-state index contributed by atoms with van der Waals surface area (Å²) in [5, 5.41) is 2.51. The molecule has 1 aromatic heterocycles. The van der Waals surface area contributed by atoms with Crippen LogP contribution in [0.4, 0.5) is 0 Å². The van der Waals surface area contributed by atoms with E-state index in [-0.39, 0.29) is 0 Å². The molecule has 0 aliphatic carbocycles. The van der Waals surface area contributed by atoms with Crippen LogP contribution < -0.4 is 0 Å². The zero-order chi connectivity index (χ0) is 12.7. The summed E-state index contributed by atoms with van der Waals surface area (Å²) in [7, 11) is 0. The molecule has 0 saturated carbocycles. The summed E-state index contributed by atoms with van der Waals surface area (Å²) in [4.78, 5) is 4.44. The third kappa shape index (κ3) is 1.61. The lowest BCUT2D eigenvalue weighted by atomic mass is 10.1. The minimum atomic E-state index is 1.02. The fourth-order valence-corrected chi connectivity index (χ4v) is 2.49. The van der Waals surface area contributed by atoms with Gasteiger partial charge in [0.25, 0.3) is 0 Å². The Labute approximate surface area is 110 Å². The van der Waals surface area contributed by atoms with Crippen LogP contribution in [0.2, 0.25) is 0 Å². The zero-order valence-corrected chi connectivity index (χ0v) is 10.3. The van der Waals surface area contributed by atoms with Crippen LogP contribution in [0.3, 0.4) is 0 Å². The average Bonchev–Trinajstić information content (AvgIpc) is 2.91. The van der Waals surface area contributed by atoms with Crippen molar-refractivity contribution in [3.63, 3.8) is 0 Å². The first kappa shape index (κ1) is 10.3. The number of para-hydroxylation sites is 2. The highest BCUT2D eigenvalue weighted by Gasteiger charge is 2.04. The molecule has 0 amide bonds. The minimum absolute atomic E-state index is 1.02. The van der Waals surface area contributed by atoms with E-state index in [1.807, 2.05) is 24.5 Å². The Kier molecular flexibility index (Phi) is 2.15. The minimum Gasteiger partial charge on any atom is -0.299 e. The largest absolute Gasteiger partial charge is 0.299 e. The van der Waals surface area contributed by atoms with Gasteiger partial charge in [-0.05, 0) is 35.0 Å². The van der Waals surface area contributed by atoms with Gasteiger partial charge in [-0.3, -0.25) is 4.57 Å². The molecule has 0 spiro atoms. The lowest BCUT2D eigenvalue weighted by molar-refractivity contribution is 1.10. The van der Waals surface area contributed by atoms with Crippen LogP contribution in [0, 0.1) is 0 Å². The van der Waals surface area contributed by atoms with Crippen molar-refractivity contribution >= 4 is 21.8 Å². The molecule has 0 aliphatic heterocycles. The molecular weight excluding hydrogens is 232 g/mol. The van der Waals surface area contributed by atoms with Gasteiger partial charge < -0.3 is 0 Å². The van der Waals surface area contributed by atoms with Gasteiger partial charge in [-0.15, -0.1) is 0 Å². The third-order valence-electron chi connectivity index (χ3n) is 3.46. The van der Waals surface area contributed by atoms with E-state index in [9.17, 15) is 0 Å². The molecule has 3 aromatic carbocycles. The molecule has 2 nitrogen and oxygen atoms in total. The van der Waals surface area contributed by atoms with E-state index in [2.05, 4.69) is 58.1 Å². The highest BCUT2D eigenvalue weighted by Crippen LogP contribution is 2.22. The summed E-state index contributed by atoms with van der Waals surface area (Å²) in [6.07, 6.45) is 1.88. The van der Waals surface area contributed by atoms with Gasteiger partial charge in [-0.1, -0.05) is 42.5 Å². The van der Waals surface area contributed by atoms with Crippen molar-refractivity contribution in [2.24, 2.45) is 0 Å². The fraction of sp³-hybridized carbons (Fsp3) is 0. The average molecular weight is 244 g/mol. The maximum atomic E-state index is 4.44. The van der Waals surface area contributed by atoms with E-state index in [0.717, 1.165) is 16.7 Å². The van der Waals surface area contributed by atoms with Gasteiger partial charge >= 0.3 is 0 Å². The van der Waals surface area contributed by atoms with E-state index in [4.69, 9.17) is 0 Å². The van der Waals surface area contributed by atoms with E-state index in [1.54, 1.807) is 0 Å². The molecule has 1 heterocycles. The number of hydrogen-bond donors (Lipinski definition) is 0. The van der Waals surface area contributed by atoms with Crippen LogP contribution in [0.1, 0.15) is 0 Å². The summed E-state index contributed by atoms with van der Waals surface area (Å²) in [5.74, 6) is 0. The molecule has 0 unspecified atom stereocenters. The van der Waals surface area contributed by atoms with Crippen LogP contribution >= 0.6 is 0 Å². The number of benzene rings is 3. The van der Waals surface area contributed by atoms with Gasteiger partial charge in [0.2, 0.25) is 0 Å². The highest BCUT2D eigenvalue weighted by atomic mass is 15.0. The smallest absolute Gasteiger partial charge is 0.100 e. The molecule has 0 atom stereocenters. The summed E-state index contributed by atoms with van der Waals surface area (Å²) in [6, 6.07) is 23.1. The Morgan fingerprint density at radius 2 is 1.53 bits per heavy atom. The number of aromatic nitrogens is 2. The molecule has 0 fully saturated rings. The van der Waals surface area contributed by atoms with Crippen LogP contribution in [0.25, 0.3) is 27.5 Å². The fourth-order valence-electron chi connectivity index (χ4n) is 2.49. The Hall–Kier alpha value is -2.61. The van der Waals surface area contributed by atoms with Crippen molar-refractivity contribution in [1.29, 1.82) is 0 Å². The van der Waals surface area contributed by atoms with E-state index < -0.39 is 0 Å². The molecule has 4 rings (SSSR count). The molecule has 90 valence electrons. The number of hydrogen-bond acceptors (Lipinski definition) is 1. The maximum Gasteiger partial charge on any atom is 0.100 e. The van der Waals surface area contributed by atoms with E-state index >= 15 is 0 Å². The normalized spacial score (nSPS) is 11.2. The highest BCUT2D eigenvalue weighted by molar-refractivity contribution is 5.85. The summed E-state index contributed by atoms with van der Waals surface area (Å²) < 4.78 is 2.13. The van der Waals surface area contributed by atoms with Crippen LogP contribution in [-0.2, 0) is 0 Å². The van der Waals surface area contributed by atoms with Gasteiger partial charge in [0.15, 0.2) is 0 Å². The Morgan fingerprint density at radius 3 is 2.47 bits per heavy atom. The molecular formula is C17H12N2. The molecule has 2 heteroatoms. The van der Waals surface area contributed by atoms with Crippen molar-refractivity contribution in [2.45, 2.75) is 0 Å². The number of imidazole rings is 1. The summed E-state index contributed by atoms with van der Waals surface area (Å²) in [5.41, 5.74) is 3.31. The summed E-state index contributed by atoms with van der Waals surface area (Å²) >= 11 is 0. The lowest BCUT2D eigenvalue weighted by Gasteiger charge is -2.06. The molecule has 19 heavy (non-hydrogen) atoms. The predicted octanol–water partition coefficient (Wildman–Crippen LogP) is 4.18. The van der Waals surface area contributed by atoms with Crippen molar-refractivity contribution in [2.75, 3.05) is 0 Å². The second-order valence-electron chi connectivity index (χ2n) is 4.63. The second kappa shape index (κ2) is 3.95. The van der Waals surface area contributed by atoms with Crippen LogP contribution in [0.15, 0.2) is 73.1 Å². The molecule has 4 aromatic rings. The Morgan fingerprint density at radius 1 is 0.737 bits per heavy atom. The summed E-state index contributed by atoms with van der Waals surface area (Å²) in [6.45, 7) is 0. The predicted molar refractivity (Wildman–Crippen MR) is 78.6 cm³/mol. The van der Waals surface area contributed by atoms with Crippen molar-refractivity contribution in [3.05, 3.63) is 73.1 Å².